The summed E-state index contributed by atoms with van der Waals surface area (Å²) in [4.78, 5) is 0. The molecule has 4 nitrogen and oxygen atoms in total. The van der Waals surface area contributed by atoms with Crippen molar-refractivity contribution in [2.75, 3.05) is 7.05 Å². The van der Waals surface area contributed by atoms with Crippen molar-refractivity contribution in [3.05, 3.63) is 11.9 Å². The highest BCUT2D eigenvalue weighted by atomic mass is 16.3. The van der Waals surface area contributed by atoms with Crippen LogP contribution in [0, 0.1) is 0 Å². The van der Waals surface area contributed by atoms with E-state index >= 15 is 0 Å². The second-order valence-electron chi connectivity index (χ2n) is 2.64. The Labute approximate surface area is 67.4 Å². The van der Waals surface area contributed by atoms with Crippen LogP contribution in [0.3, 0.4) is 0 Å². The summed E-state index contributed by atoms with van der Waals surface area (Å²) in [5.74, 6) is 5.31. The van der Waals surface area contributed by atoms with Crippen molar-refractivity contribution in [1.29, 1.82) is 0 Å². The minimum absolute atomic E-state index is 0.355. The molecule has 0 aromatic carbocycles. The van der Waals surface area contributed by atoms with E-state index < -0.39 is 0 Å². The first-order chi connectivity index (χ1) is 5.06. The molecular formula is C7H17N3O. The first kappa shape index (κ1) is 10.3. The molecule has 1 atom stereocenters. The second-order valence-corrected chi connectivity index (χ2v) is 2.64. The Balaban J connectivity index is 3.76. The SMILES string of the molecule is CCC(O)C/C(N)=C/N(C)N. The van der Waals surface area contributed by atoms with E-state index in [-0.39, 0.29) is 6.10 Å². The summed E-state index contributed by atoms with van der Waals surface area (Å²) in [5.41, 5.74) is 6.13. The quantitative estimate of drug-likeness (QED) is 0.390. The lowest BCUT2D eigenvalue weighted by atomic mass is 10.2. The Morgan fingerprint density at radius 2 is 2.27 bits per heavy atom. The van der Waals surface area contributed by atoms with Crippen LogP contribution in [0.4, 0.5) is 0 Å². The van der Waals surface area contributed by atoms with Crippen molar-refractivity contribution in [2.45, 2.75) is 25.9 Å². The number of hydrogen-bond acceptors (Lipinski definition) is 4. The molecule has 0 aliphatic carbocycles. The van der Waals surface area contributed by atoms with Crippen LogP contribution in [-0.4, -0.2) is 23.3 Å². The van der Waals surface area contributed by atoms with Gasteiger partial charge in [0.2, 0.25) is 0 Å². The van der Waals surface area contributed by atoms with E-state index in [0.29, 0.717) is 18.5 Å². The average Bonchev–Trinajstić information content (AvgIpc) is 1.85. The first-order valence-electron chi connectivity index (χ1n) is 3.68. The summed E-state index contributed by atoms with van der Waals surface area (Å²) < 4.78 is 0. The fourth-order valence-corrected chi connectivity index (χ4v) is 0.731. The van der Waals surface area contributed by atoms with Crippen LogP contribution < -0.4 is 11.6 Å². The Bertz CT molecular complexity index is 134. The molecule has 11 heavy (non-hydrogen) atoms. The molecule has 0 aliphatic heterocycles. The normalized spacial score (nSPS) is 14.7. The zero-order valence-electron chi connectivity index (χ0n) is 7.12. The van der Waals surface area contributed by atoms with E-state index in [1.807, 2.05) is 6.92 Å². The molecule has 0 heterocycles. The molecule has 0 aromatic heterocycles. The summed E-state index contributed by atoms with van der Waals surface area (Å²) in [6, 6.07) is 0. The molecule has 0 saturated heterocycles. The molecule has 0 fully saturated rings. The zero-order chi connectivity index (χ0) is 8.85. The number of nitrogens with two attached hydrogens (primary N) is 2. The standard InChI is InChI=1S/C7H17N3O/c1-3-7(11)4-6(8)5-10(2)9/h5,7,11H,3-4,8-9H2,1-2H3/b6-5-. The Kier molecular flexibility index (Phi) is 4.65. The van der Waals surface area contributed by atoms with E-state index in [1.54, 1.807) is 13.2 Å². The topological polar surface area (TPSA) is 75.5 Å². The van der Waals surface area contributed by atoms with Gasteiger partial charge in [-0.25, -0.2) is 5.84 Å². The van der Waals surface area contributed by atoms with Gasteiger partial charge in [-0.15, -0.1) is 0 Å². The van der Waals surface area contributed by atoms with Crippen molar-refractivity contribution in [1.82, 2.24) is 5.01 Å². The largest absolute Gasteiger partial charge is 0.401 e. The van der Waals surface area contributed by atoms with Crippen LogP contribution in [0.5, 0.6) is 0 Å². The van der Waals surface area contributed by atoms with Crippen molar-refractivity contribution in [3.8, 4) is 0 Å². The minimum atomic E-state index is -0.355. The van der Waals surface area contributed by atoms with Gasteiger partial charge in [-0.1, -0.05) is 6.92 Å². The molecule has 0 aromatic rings. The third-order valence-electron chi connectivity index (χ3n) is 1.31. The Hall–Kier alpha value is -0.740. The molecule has 0 rings (SSSR count). The van der Waals surface area contributed by atoms with Crippen LogP contribution in [0.15, 0.2) is 11.9 Å². The molecule has 1 unspecified atom stereocenters. The minimum Gasteiger partial charge on any atom is -0.401 e. The fourth-order valence-electron chi connectivity index (χ4n) is 0.731. The van der Waals surface area contributed by atoms with E-state index in [0.717, 1.165) is 0 Å². The molecule has 0 saturated carbocycles. The maximum absolute atomic E-state index is 9.16. The fraction of sp³-hybridized carbons (Fsp3) is 0.714. The van der Waals surface area contributed by atoms with Gasteiger partial charge in [-0.3, -0.25) is 0 Å². The Morgan fingerprint density at radius 3 is 2.64 bits per heavy atom. The monoisotopic (exact) mass is 159 g/mol. The lowest BCUT2D eigenvalue weighted by Crippen LogP contribution is -2.22. The molecule has 4 heteroatoms. The van der Waals surface area contributed by atoms with Crippen LogP contribution >= 0.6 is 0 Å². The summed E-state index contributed by atoms with van der Waals surface area (Å²) >= 11 is 0. The number of hydrogen-bond donors (Lipinski definition) is 3. The number of aliphatic hydroxyl groups excluding tert-OH is 1. The van der Waals surface area contributed by atoms with Gasteiger partial charge in [0.1, 0.15) is 0 Å². The summed E-state index contributed by atoms with van der Waals surface area (Å²) in [5, 5.41) is 10.5. The van der Waals surface area contributed by atoms with Crippen LogP contribution in [0.25, 0.3) is 0 Å². The summed E-state index contributed by atoms with van der Waals surface area (Å²) in [7, 11) is 1.69. The maximum atomic E-state index is 9.16. The zero-order valence-corrected chi connectivity index (χ0v) is 7.12. The average molecular weight is 159 g/mol. The number of rotatable bonds is 4. The maximum Gasteiger partial charge on any atom is 0.0592 e. The predicted octanol–water partition coefficient (Wildman–Crippen LogP) is -0.247. The van der Waals surface area contributed by atoms with Gasteiger partial charge in [0.05, 0.1) is 6.10 Å². The highest BCUT2D eigenvalue weighted by Gasteiger charge is 2.01. The van der Waals surface area contributed by atoms with Crippen molar-refractivity contribution < 1.29 is 5.11 Å². The van der Waals surface area contributed by atoms with Gasteiger partial charge >= 0.3 is 0 Å². The number of aliphatic hydroxyl groups is 1. The predicted molar refractivity (Wildman–Crippen MR) is 45.1 cm³/mol. The molecule has 5 N–H and O–H groups in total. The van der Waals surface area contributed by atoms with Crippen LogP contribution in [0.2, 0.25) is 0 Å². The van der Waals surface area contributed by atoms with Gasteiger partial charge in [0, 0.05) is 25.4 Å². The van der Waals surface area contributed by atoms with Gasteiger partial charge in [-0.05, 0) is 6.42 Å². The van der Waals surface area contributed by atoms with Crippen molar-refractivity contribution in [3.63, 3.8) is 0 Å². The van der Waals surface area contributed by atoms with Gasteiger partial charge in [0.15, 0.2) is 0 Å². The number of hydrazine groups is 1. The van der Waals surface area contributed by atoms with Crippen LogP contribution in [-0.2, 0) is 0 Å². The molecular weight excluding hydrogens is 142 g/mol. The van der Waals surface area contributed by atoms with Crippen molar-refractivity contribution in [2.24, 2.45) is 11.6 Å². The number of nitrogens with zero attached hydrogens (tertiary/aromatic N) is 1. The smallest absolute Gasteiger partial charge is 0.0592 e. The highest BCUT2D eigenvalue weighted by molar-refractivity contribution is 4.95. The molecule has 0 bridgehead atoms. The van der Waals surface area contributed by atoms with Gasteiger partial charge in [0.25, 0.3) is 0 Å². The first-order valence-corrected chi connectivity index (χ1v) is 3.68. The molecule has 0 aliphatic rings. The van der Waals surface area contributed by atoms with E-state index in [9.17, 15) is 0 Å². The Morgan fingerprint density at radius 1 is 1.73 bits per heavy atom. The van der Waals surface area contributed by atoms with E-state index in [4.69, 9.17) is 16.7 Å². The lowest BCUT2D eigenvalue weighted by molar-refractivity contribution is 0.169. The van der Waals surface area contributed by atoms with Crippen molar-refractivity contribution >= 4 is 0 Å². The van der Waals surface area contributed by atoms with E-state index in [1.165, 1.54) is 5.01 Å². The molecule has 0 spiro atoms. The highest BCUT2D eigenvalue weighted by Crippen LogP contribution is 2.02. The van der Waals surface area contributed by atoms with Gasteiger partial charge < -0.3 is 15.8 Å². The van der Waals surface area contributed by atoms with E-state index in [2.05, 4.69) is 0 Å². The molecule has 66 valence electrons. The molecule has 0 radical (unpaired) electrons. The molecule has 0 amide bonds. The lowest BCUT2D eigenvalue weighted by Gasteiger charge is -2.10. The van der Waals surface area contributed by atoms with Crippen LogP contribution in [0.1, 0.15) is 19.8 Å². The second kappa shape index (κ2) is 4.98. The summed E-state index contributed by atoms with van der Waals surface area (Å²) in [6.07, 6.45) is 2.44. The van der Waals surface area contributed by atoms with Gasteiger partial charge in [-0.2, -0.15) is 0 Å². The third-order valence-corrected chi connectivity index (χ3v) is 1.31. The summed E-state index contributed by atoms with van der Waals surface area (Å²) in [6.45, 7) is 1.91. The third kappa shape index (κ3) is 5.69.